The summed E-state index contributed by atoms with van der Waals surface area (Å²) < 4.78 is 0. The zero-order valence-electron chi connectivity index (χ0n) is 10.7. The summed E-state index contributed by atoms with van der Waals surface area (Å²) in [5.41, 5.74) is 0. The van der Waals surface area contributed by atoms with Gasteiger partial charge in [-0.3, -0.25) is 0 Å². The molecule has 0 spiro atoms. The summed E-state index contributed by atoms with van der Waals surface area (Å²) in [6.07, 6.45) is 0.126. The Bertz CT molecular complexity index is 127. The van der Waals surface area contributed by atoms with Gasteiger partial charge in [-0.2, -0.15) is 29.4 Å². The van der Waals surface area contributed by atoms with Crippen molar-refractivity contribution in [2.75, 3.05) is 12.3 Å². The third kappa shape index (κ3) is 52.7. The fourth-order valence-corrected chi connectivity index (χ4v) is 1.94. The normalized spacial score (nSPS) is 8.53. The van der Waals surface area contributed by atoms with Crippen LogP contribution in [0.5, 0.6) is 0 Å². The maximum Gasteiger partial charge on any atom is 0.403 e. The van der Waals surface area contributed by atoms with Crippen LogP contribution in [0.2, 0.25) is 0 Å². The second-order valence-electron chi connectivity index (χ2n) is 2.54. The van der Waals surface area contributed by atoms with E-state index in [1.165, 1.54) is 0 Å². The van der Waals surface area contributed by atoms with Crippen molar-refractivity contribution in [3.05, 3.63) is 0 Å². The van der Waals surface area contributed by atoms with Crippen molar-refractivity contribution in [1.82, 2.24) is 0 Å². The maximum absolute atomic E-state index is 8.49. The second kappa shape index (κ2) is 23.3. The largest absolute Gasteiger partial charge is 0.412 e. The molecule has 0 heterocycles. The molecule has 0 rings (SSSR count). The average Bonchev–Trinajstić information content (AvgIpc) is 1.76. The van der Waals surface area contributed by atoms with Crippen molar-refractivity contribution >= 4 is 15.9 Å². The second-order valence-corrected chi connectivity index (χ2v) is 6.20. The molecule has 0 aromatic carbocycles. The van der Waals surface area contributed by atoms with Gasteiger partial charge in [-0.25, -0.2) is 0 Å². The summed E-state index contributed by atoms with van der Waals surface area (Å²) >= 11 is 0. The van der Waals surface area contributed by atoms with Crippen molar-refractivity contribution in [3.8, 4) is 0 Å². The summed E-state index contributed by atoms with van der Waals surface area (Å²) in [5, 5.41) is 0. The van der Waals surface area contributed by atoms with Gasteiger partial charge in [0.25, 0.3) is 0 Å². The molecule has 0 fully saturated rings. The van der Waals surface area contributed by atoms with Gasteiger partial charge in [-0.15, -0.1) is 0 Å². The first-order valence-electron chi connectivity index (χ1n) is 3.33. The van der Waals surface area contributed by atoms with E-state index in [1.54, 1.807) is 0 Å². The van der Waals surface area contributed by atoms with Crippen LogP contribution >= 0.6 is 15.9 Å². The van der Waals surface area contributed by atoms with Crippen LogP contribution in [0, 0.1) is 0 Å². The minimum Gasteiger partial charge on any atom is -0.412 e. The minimum absolute atomic E-state index is 0. The zero-order valence-corrected chi connectivity index (χ0v) is 24.4. The molecule has 0 aliphatic carbocycles. The van der Waals surface area contributed by atoms with Crippen molar-refractivity contribution in [3.63, 3.8) is 0 Å². The Morgan fingerprint density at radius 2 is 0.632 bits per heavy atom. The van der Waals surface area contributed by atoms with Gasteiger partial charge in [-0.1, -0.05) is 0 Å². The summed E-state index contributed by atoms with van der Waals surface area (Å²) in [6, 6.07) is 0. The third-order valence-electron chi connectivity index (χ3n) is 1.17. The van der Waals surface area contributed by atoms with Gasteiger partial charge in [0.2, 0.25) is 0 Å². The Hall–Kier alpha value is 2.99. The van der Waals surface area contributed by atoms with E-state index in [-0.39, 0.29) is 120 Å². The van der Waals surface area contributed by atoms with Crippen molar-refractivity contribution < 1.29 is 124 Å². The van der Waals surface area contributed by atoms with E-state index in [4.69, 9.17) is 29.4 Å². The molecule has 0 bridgehead atoms. The fourth-order valence-electron chi connectivity index (χ4n) is 0.648. The van der Waals surface area contributed by atoms with Crippen molar-refractivity contribution in [2.45, 2.75) is 12.8 Å². The first-order chi connectivity index (χ1) is 5.21. The molecule has 0 saturated carbocycles. The Kier molecular flexibility index (Phi) is 60.6. The van der Waals surface area contributed by atoms with E-state index in [9.17, 15) is 0 Å². The van der Waals surface area contributed by atoms with Gasteiger partial charge in [-0.05, 0) is 12.8 Å². The predicted octanol–water partition coefficient (Wildman–Crippen LogP) is -3.24. The van der Waals surface area contributed by atoms with Gasteiger partial charge >= 0.3 is 15.9 Å². The number of unbranched alkanes of at least 4 members (excludes halogenated alkanes) is 1. The molecule has 0 aliphatic rings. The predicted molar refractivity (Wildman–Crippen MR) is 57.0 cm³/mol. The maximum atomic E-state index is 8.49. The van der Waals surface area contributed by atoms with Crippen LogP contribution in [0.1, 0.15) is 12.8 Å². The number of rotatable bonds is 5. The van der Waals surface area contributed by atoms with E-state index in [0.717, 1.165) is 0 Å². The van der Waals surface area contributed by atoms with E-state index < -0.39 is 15.9 Å². The van der Waals surface area contributed by atoms with Crippen molar-refractivity contribution in [2.24, 2.45) is 0 Å². The Morgan fingerprint density at radius 3 is 0.737 bits per heavy atom. The monoisotopic (exact) mass is 530 g/mol. The van der Waals surface area contributed by atoms with Gasteiger partial charge < -0.3 is 16.4 Å². The van der Waals surface area contributed by atoms with Crippen LogP contribution in [-0.2, 0) is 77.9 Å². The topological polar surface area (TPSA) is 216 Å². The van der Waals surface area contributed by atoms with Gasteiger partial charge in [0.05, 0.1) is 0 Å². The van der Waals surface area contributed by atoms with Crippen LogP contribution in [0.3, 0.4) is 0 Å². The molecule has 0 aromatic heterocycles. The van der Waals surface area contributed by atoms with Crippen molar-refractivity contribution in [1.29, 1.82) is 0 Å². The number of hydrogen-bond acceptors (Lipinski definition) is 6. The molecule has 0 saturated heterocycles. The van der Waals surface area contributed by atoms with Gasteiger partial charge in [0.15, 0.2) is 0 Å². The van der Waals surface area contributed by atoms with Gasteiger partial charge in [0, 0.05) is 77.9 Å². The molecule has 15 heteroatoms. The van der Waals surface area contributed by atoms with Crippen LogP contribution in [-0.4, -0.2) is 58.1 Å². The molecule has 0 aliphatic heterocycles. The first-order valence-corrected chi connectivity index (χ1v) is 7.00. The summed E-state index contributed by atoms with van der Waals surface area (Å²) in [6.45, 7) is 0. The average molecular weight is 536 g/mol. The summed E-state index contributed by atoms with van der Waals surface area (Å²) in [5.74, 6) is 0. The molecular weight excluding hydrogens is 516 g/mol. The molecule has 0 atom stereocenters. The fraction of sp³-hybridized carbons (Fsp3) is 1.00. The molecular formula is C4H20O9P2Zn4+2. The molecule has 12 N–H and O–H groups in total. The summed E-state index contributed by atoms with van der Waals surface area (Å²) in [4.78, 5) is 50.9. The van der Waals surface area contributed by atoms with Crippen LogP contribution in [0.25, 0.3) is 0 Å². The molecule has 9 nitrogen and oxygen atoms in total. The zero-order chi connectivity index (χ0) is 9.83. The Labute approximate surface area is 163 Å². The molecule has 0 aromatic rings. The molecule has 0 radical (unpaired) electrons. The van der Waals surface area contributed by atoms with E-state index in [1.807, 2.05) is 0 Å². The standard InChI is InChI=1S/C4H14O6P2.3H2O.4Zn/c5-11(6,7)3-1-2-4-12(8,9)10;;;;;;;/h5-10H,1-4H2;3*1H2;;;;/q+2;;;;;;;. The molecule has 106 valence electrons. The third-order valence-corrected chi connectivity index (χ3v) is 3.00. The van der Waals surface area contributed by atoms with Gasteiger partial charge in [0.1, 0.15) is 12.3 Å². The Balaban J connectivity index is -0.0000000288. The van der Waals surface area contributed by atoms with Crippen LogP contribution in [0.15, 0.2) is 0 Å². The number of hydrogen-bond donors (Lipinski definition) is 6. The molecule has 19 heavy (non-hydrogen) atoms. The smallest absolute Gasteiger partial charge is 0.403 e. The van der Waals surface area contributed by atoms with E-state index in [0.29, 0.717) is 0 Å². The SMILES string of the molecule is O.O.O.O[P+](O)(O)CCCC[P+](O)(O)O.[Zn].[Zn].[Zn].[Zn]. The minimum atomic E-state index is -3.73. The van der Waals surface area contributed by atoms with E-state index in [2.05, 4.69) is 0 Å². The van der Waals surface area contributed by atoms with Crippen LogP contribution in [0.4, 0.5) is 0 Å². The summed E-state index contributed by atoms with van der Waals surface area (Å²) in [7, 11) is -7.46. The quantitative estimate of drug-likeness (QED) is 0.121. The van der Waals surface area contributed by atoms with Crippen LogP contribution < -0.4 is 0 Å². The molecule has 0 amide bonds. The Morgan fingerprint density at radius 1 is 0.474 bits per heavy atom. The van der Waals surface area contributed by atoms with E-state index >= 15 is 0 Å². The first kappa shape index (κ1) is 49.5. The molecule has 0 unspecified atom stereocenters.